The summed E-state index contributed by atoms with van der Waals surface area (Å²) < 4.78 is 11.7. The molecule has 1 atom stereocenters. The van der Waals surface area contributed by atoms with Gasteiger partial charge < -0.3 is 9.09 Å². The van der Waals surface area contributed by atoms with E-state index in [4.69, 9.17) is 4.52 Å². The van der Waals surface area contributed by atoms with Crippen molar-refractivity contribution in [3.05, 3.63) is 35.7 Å². The van der Waals surface area contributed by atoms with Crippen LogP contribution in [0.2, 0.25) is 0 Å². The zero-order chi connectivity index (χ0) is 16.5. The number of likely N-dealkylation sites (tertiary alicyclic amines) is 1. The molecule has 126 valence electrons. The third-order valence-corrected chi connectivity index (χ3v) is 5.32. The van der Waals surface area contributed by atoms with Gasteiger partial charge in [0.15, 0.2) is 5.76 Å². The summed E-state index contributed by atoms with van der Waals surface area (Å²) in [5.41, 5.74) is 3.16. The lowest BCUT2D eigenvalue weighted by Gasteiger charge is -2.32. The molecule has 0 aliphatic carbocycles. The molecule has 1 aliphatic rings. The number of piperidine rings is 1. The van der Waals surface area contributed by atoms with Crippen LogP contribution in [0.15, 0.2) is 23.1 Å². The minimum absolute atomic E-state index is 0.381. The second kappa shape index (κ2) is 6.45. The second-order valence-corrected chi connectivity index (χ2v) is 7.14. The summed E-state index contributed by atoms with van der Waals surface area (Å²) in [7, 11) is 2.04. The molecule has 1 fully saturated rings. The van der Waals surface area contributed by atoms with Crippen LogP contribution in [0.1, 0.15) is 35.8 Å². The Kier molecular flexibility index (Phi) is 4.15. The van der Waals surface area contributed by atoms with Gasteiger partial charge in [-0.25, -0.2) is 4.98 Å². The highest BCUT2D eigenvalue weighted by molar-refractivity contribution is 7.09. The number of imidazole rings is 1. The number of aryl methyl sites for hydroxylation is 2. The molecule has 0 saturated carbocycles. The van der Waals surface area contributed by atoms with Crippen LogP contribution in [-0.2, 0) is 13.6 Å². The first-order valence-corrected chi connectivity index (χ1v) is 8.91. The van der Waals surface area contributed by atoms with E-state index in [0.29, 0.717) is 5.92 Å². The molecule has 3 aromatic heterocycles. The largest absolute Gasteiger partial charge is 0.355 e. The Hall–Kier alpha value is -2.06. The Bertz CT molecular complexity index is 822. The molecular formula is C16H20N6OS. The molecule has 4 rings (SSSR count). The van der Waals surface area contributed by atoms with E-state index in [9.17, 15) is 0 Å². The van der Waals surface area contributed by atoms with E-state index in [-0.39, 0.29) is 0 Å². The zero-order valence-electron chi connectivity index (χ0n) is 13.8. The maximum absolute atomic E-state index is 5.42. The van der Waals surface area contributed by atoms with Crippen molar-refractivity contribution in [3.8, 4) is 10.6 Å². The van der Waals surface area contributed by atoms with Gasteiger partial charge in [0.05, 0.1) is 23.4 Å². The van der Waals surface area contributed by atoms with Gasteiger partial charge in [-0.15, -0.1) is 5.10 Å². The van der Waals surface area contributed by atoms with Crippen molar-refractivity contribution in [3.63, 3.8) is 0 Å². The lowest BCUT2D eigenvalue weighted by atomic mass is 9.93. The molecule has 1 saturated heterocycles. The van der Waals surface area contributed by atoms with Crippen LogP contribution in [-0.4, -0.2) is 42.3 Å². The standard InChI is InChI=1S/C16H20N6OS/c1-11-6-14(23-19-11)16-15(18-20-24-16)12-4-3-5-22(8-12)9-13-7-17-10-21(13)2/h6-7,10,12H,3-5,8-9H2,1-2H3/t12-/m0/s1. The van der Waals surface area contributed by atoms with E-state index < -0.39 is 0 Å². The van der Waals surface area contributed by atoms with Crippen molar-refractivity contribution in [2.24, 2.45) is 7.05 Å². The van der Waals surface area contributed by atoms with Gasteiger partial charge in [0.1, 0.15) is 4.88 Å². The summed E-state index contributed by atoms with van der Waals surface area (Å²) in [6.45, 7) is 4.94. The highest BCUT2D eigenvalue weighted by Crippen LogP contribution is 2.35. The van der Waals surface area contributed by atoms with Crippen molar-refractivity contribution < 1.29 is 4.52 Å². The molecule has 0 radical (unpaired) electrons. The molecule has 8 heteroatoms. The number of aromatic nitrogens is 5. The Morgan fingerprint density at radius 3 is 3.08 bits per heavy atom. The summed E-state index contributed by atoms with van der Waals surface area (Å²) in [6, 6.07) is 1.95. The second-order valence-electron chi connectivity index (χ2n) is 6.39. The Morgan fingerprint density at radius 2 is 2.33 bits per heavy atom. The lowest BCUT2D eigenvalue weighted by Crippen LogP contribution is -2.34. The maximum Gasteiger partial charge on any atom is 0.180 e. The van der Waals surface area contributed by atoms with E-state index in [2.05, 4.69) is 29.2 Å². The first-order chi connectivity index (χ1) is 11.7. The molecule has 4 heterocycles. The van der Waals surface area contributed by atoms with E-state index >= 15 is 0 Å². The van der Waals surface area contributed by atoms with Crippen LogP contribution in [0.5, 0.6) is 0 Å². The molecule has 0 aromatic carbocycles. The molecule has 0 spiro atoms. The van der Waals surface area contributed by atoms with Crippen LogP contribution in [0.25, 0.3) is 10.6 Å². The first-order valence-electron chi connectivity index (χ1n) is 8.14. The van der Waals surface area contributed by atoms with Gasteiger partial charge in [-0.3, -0.25) is 4.90 Å². The third kappa shape index (κ3) is 2.99. The van der Waals surface area contributed by atoms with Gasteiger partial charge in [-0.2, -0.15) is 0 Å². The fraction of sp³-hybridized carbons (Fsp3) is 0.500. The summed E-state index contributed by atoms with van der Waals surface area (Å²) in [4.78, 5) is 7.70. The van der Waals surface area contributed by atoms with Crippen molar-refractivity contribution in [2.75, 3.05) is 13.1 Å². The highest BCUT2D eigenvalue weighted by Gasteiger charge is 2.28. The van der Waals surface area contributed by atoms with Crippen molar-refractivity contribution in [1.82, 2.24) is 29.2 Å². The van der Waals surface area contributed by atoms with E-state index in [1.165, 1.54) is 17.2 Å². The molecule has 24 heavy (non-hydrogen) atoms. The summed E-state index contributed by atoms with van der Waals surface area (Å²) in [6.07, 6.45) is 6.09. The van der Waals surface area contributed by atoms with Gasteiger partial charge in [0.2, 0.25) is 0 Å². The van der Waals surface area contributed by atoms with E-state index in [1.54, 1.807) is 0 Å². The first kappa shape index (κ1) is 15.5. The number of hydrogen-bond donors (Lipinski definition) is 0. The van der Waals surface area contributed by atoms with Gasteiger partial charge in [0.25, 0.3) is 0 Å². The van der Waals surface area contributed by atoms with Crippen molar-refractivity contribution in [2.45, 2.75) is 32.2 Å². The average Bonchev–Trinajstić information content (AvgIpc) is 3.29. The van der Waals surface area contributed by atoms with E-state index in [1.807, 2.05) is 32.6 Å². The topological polar surface area (TPSA) is 72.9 Å². The maximum atomic E-state index is 5.42. The smallest absolute Gasteiger partial charge is 0.180 e. The fourth-order valence-corrected chi connectivity index (χ4v) is 3.99. The molecule has 0 bridgehead atoms. The SMILES string of the molecule is Cc1cc(-c2snnc2[C@H]2CCCN(Cc3cncn3C)C2)on1. The van der Waals surface area contributed by atoms with Gasteiger partial charge in [-0.1, -0.05) is 9.64 Å². The molecular weight excluding hydrogens is 324 g/mol. The number of nitrogens with zero attached hydrogens (tertiary/aromatic N) is 6. The highest BCUT2D eigenvalue weighted by atomic mass is 32.1. The van der Waals surface area contributed by atoms with Crippen molar-refractivity contribution >= 4 is 11.5 Å². The summed E-state index contributed by atoms with van der Waals surface area (Å²) in [5, 5.41) is 8.40. The molecule has 7 nitrogen and oxygen atoms in total. The van der Waals surface area contributed by atoms with Gasteiger partial charge >= 0.3 is 0 Å². The quantitative estimate of drug-likeness (QED) is 0.724. The number of rotatable bonds is 4. The monoisotopic (exact) mass is 344 g/mol. The normalized spacial score (nSPS) is 19.0. The predicted octanol–water partition coefficient (Wildman–Crippen LogP) is 2.61. The van der Waals surface area contributed by atoms with Crippen molar-refractivity contribution in [1.29, 1.82) is 0 Å². The Balaban J connectivity index is 1.53. The third-order valence-electron chi connectivity index (χ3n) is 4.56. The van der Waals surface area contributed by atoms with Crippen LogP contribution < -0.4 is 0 Å². The molecule has 3 aromatic rings. The fourth-order valence-electron chi connectivity index (χ4n) is 3.29. The van der Waals surface area contributed by atoms with Crippen LogP contribution in [0.4, 0.5) is 0 Å². The summed E-state index contributed by atoms with van der Waals surface area (Å²) >= 11 is 1.39. The average molecular weight is 344 g/mol. The van der Waals surface area contributed by atoms with E-state index in [0.717, 1.165) is 54.5 Å². The van der Waals surface area contributed by atoms with Gasteiger partial charge in [-0.05, 0) is 37.8 Å². The minimum atomic E-state index is 0.381. The molecule has 0 amide bonds. The predicted molar refractivity (Wildman–Crippen MR) is 90.6 cm³/mol. The zero-order valence-corrected chi connectivity index (χ0v) is 14.7. The Morgan fingerprint density at radius 1 is 1.42 bits per heavy atom. The lowest BCUT2D eigenvalue weighted by molar-refractivity contribution is 0.195. The van der Waals surface area contributed by atoms with Crippen LogP contribution in [0.3, 0.4) is 0 Å². The minimum Gasteiger partial charge on any atom is -0.355 e. The molecule has 0 N–H and O–H groups in total. The molecule has 1 aliphatic heterocycles. The van der Waals surface area contributed by atoms with Gasteiger partial charge in [0, 0.05) is 38.3 Å². The molecule has 0 unspecified atom stereocenters. The van der Waals surface area contributed by atoms with Crippen LogP contribution >= 0.6 is 11.5 Å². The Labute approximate surface area is 144 Å². The van der Waals surface area contributed by atoms with Crippen LogP contribution in [0, 0.1) is 6.92 Å². The summed E-state index contributed by atoms with van der Waals surface area (Å²) in [5.74, 6) is 1.16. The number of hydrogen-bond acceptors (Lipinski definition) is 7.